The van der Waals surface area contributed by atoms with Gasteiger partial charge in [-0.05, 0) is 94.3 Å². The lowest BCUT2D eigenvalue weighted by Gasteiger charge is -2.24. The Kier molecular flexibility index (Phi) is 7.83. The average molecular weight is 576 g/mol. The molecule has 7 nitrogen and oxygen atoms in total. The molecule has 0 saturated carbocycles. The van der Waals surface area contributed by atoms with Crippen molar-refractivity contribution >= 4 is 35.0 Å². The Morgan fingerprint density at radius 1 is 1.05 bits per heavy atom. The van der Waals surface area contributed by atoms with Crippen LogP contribution in [-0.4, -0.2) is 28.3 Å². The second-order valence-electron chi connectivity index (χ2n) is 9.44. The molecule has 3 heterocycles. The summed E-state index contributed by atoms with van der Waals surface area (Å²) in [4.78, 5) is 32.3. The van der Waals surface area contributed by atoms with E-state index in [1.807, 2.05) is 75.4 Å². The van der Waals surface area contributed by atoms with Gasteiger partial charge in [0, 0.05) is 22.1 Å². The number of esters is 1. The molecule has 2 aromatic carbocycles. The van der Waals surface area contributed by atoms with Crippen LogP contribution in [0.4, 0.5) is 0 Å². The monoisotopic (exact) mass is 575 g/mol. The molecule has 0 saturated heterocycles. The van der Waals surface area contributed by atoms with Crippen molar-refractivity contribution in [3.63, 3.8) is 0 Å². The molecule has 0 N–H and O–H groups in total. The van der Waals surface area contributed by atoms with Gasteiger partial charge in [0.1, 0.15) is 5.75 Å². The Labute approximate surface area is 241 Å². The fourth-order valence-electron chi connectivity index (χ4n) is 5.08. The van der Waals surface area contributed by atoms with Crippen LogP contribution in [0.5, 0.6) is 5.75 Å². The highest BCUT2D eigenvalue weighted by Crippen LogP contribution is 2.32. The van der Waals surface area contributed by atoms with E-state index in [-0.39, 0.29) is 12.2 Å². The standard InChI is InChI=1S/C31H30ClN3O4S/c1-6-38-25-14-8-21(9-15-25)28-27(30(37)39-7-2)19(4)33-31-35(28)29(36)26(40-31)17-22-16-18(3)34(20(22)5)24-12-10-23(32)11-13-24/h8-17,28H,6-7H2,1-5H3/b26-17-/t28-/m1/s1. The van der Waals surface area contributed by atoms with Gasteiger partial charge in [0.25, 0.3) is 5.56 Å². The number of ether oxygens (including phenoxy) is 2. The number of halogens is 1. The van der Waals surface area contributed by atoms with Gasteiger partial charge in [-0.2, -0.15) is 0 Å². The summed E-state index contributed by atoms with van der Waals surface area (Å²) in [7, 11) is 0. The molecule has 0 unspecified atom stereocenters. The van der Waals surface area contributed by atoms with Crippen LogP contribution in [0.3, 0.4) is 0 Å². The van der Waals surface area contributed by atoms with Gasteiger partial charge in [-0.25, -0.2) is 9.79 Å². The highest BCUT2D eigenvalue weighted by atomic mass is 35.5. The number of carbonyl (C=O) groups is 1. The largest absolute Gasteiger partial charge is 0.494 e. The van der Waals surface area contributed by atoms with E-state index in [1.165, 1.54) is 11.3 Å². The van der Waals surface area contributed by atoms with Gasteiger partial charge in [-0.15, -0.1) is 0 Å². The summed E-state index contributed by atoms with van der Waals surface area (Å²) in [5.41, 5.74) is 5.39. The molecule has 4 aromatic rings. The van der Waals surface area contributed by atoms with Gasteiger partial charge >= 0.3 is 5.97 Å². The van der Waals surface area contributed by atoms with E-state index in [0.29, 0.717) is 38.0 Å². The molecule has 40 heavy (non-hydrogen) atoms. The zero-order valence-electron chi connectivity index (χ0n) is 23.0. The number of fused-ring (bicyclic) bond motifs is 1. The molecule has 1 atom stereocenters. The topological polar surface area (TPSA) is 74.8 Å². The minimum Gasteiger partial charge on any atom is -0.494 e. The lowest BCUT2D eigenvalue weighted by Crippen LogP contribution is -2.39. The van der Waals surface area contributed by atoms with Crippen molar-refractivity contribution in [3.05, 3.63) is 113 Å². The lowest BCUT2D eigenvalue weighted by atomic mass is 9.96. The SMILES string of the molecule is CCOC(=O)C1=C(C)N=c2s/c(=C\c3cc(C)n(-c4ccc(Cl)cc4)c3C)c(=O)n2[C@@H]1c1ccc(OCC)cc1. The number of aromatic nitrogens is 2. The number of thiazole rings is 1. The minimum atomic E-state index is -0.672. The van der Waals surface area contributed by atoms with Gasteiger partial charge in [-0.3, -0.25) is 9.36 Å². The van der Waals surface area contributed by atoms with Crippen LogP contribution in [0.1, 0.15) is 49.3 Å². The number of benzene rings is 2. The summed E-state index contributed by atoms with van der Waals surface area (Å²) in [6.45, 7) is 10.3. The Morgan fingerprint density at radius 2 is 1.75 bits per heavy atom. The van der Waals surface area contributed by atoms with E-state index in [0.717, 1.165) is 28.2 Å². The summed E-state index contributed by atoms with van der Waals surface area (Å²) in [6.07, 6.45) is 1.90. The van der Waals surface area contributed by atoms with Crippen molar-refractivity contribution in [2.45, 2.75) is 40.7 Å². The lowest BCUT2D eigenvalue weighted by molar-refractivity contribution is -0.139. The van der Waals surface area contributed by atoms with Gasteiger partial charge in [-0.1, -0.05) is 35.1 Å². The molecule has 0 fully saturated rings. The molecule has 0 bridgehead atoms. The van der Waals surface area contributed by atoms with Crippen molar-refractivity contribution in [1.82, 2.24) is 9.13 Å². The van der Waals surface area contributed by atoms with Crippen LogP contribution < -0.4 is 19.6 Å². The van der Waals surface area contributed by atoms with Crippen LogP contribution in [0.15, 0.2) is 75.7 Å². The Balaban J connectivity index is 1.66. The third-order valence-corrected chi connectivity index (χ3v) is 8.10. The van der Waals surface area contributed by atoms with Crippen LogP contribution in [0.25, 0.3) is 11.8 Å². The van der Waals surface area contributed by atoms with Gasteiger partial charge in [0.2, 0.25) is 0 Å². The van der Waals surface area contributed by atoms with Crippen molar-refractivity contribution in [3.8, 4) is 11.4 Å². The molecule has 0 radical (unpaired) electrons. The second-order valence-corrected chi connectivity index (χ2v) is 10.9. The van der Waals surface area contributed by atoms with Crippen LogP contribution in [-0.2, 0) is 9.53 Å². The molecule has 2 aromatic heterocycles. The predicted molar refractivity (Wildman–Crippen MR) is 158 cm³/mol. The first-order valence-electron chi connectivity index (χ1n) is 13.1. The average Bonchev–Trinajstić information content (AvgIpc) is 3.38. The molecule has 1 aliphatic heterocycles. The molecule has 5 rings (SSSR count). The second kappa shape index (κ2) is 11.3. The van der Waals surface area contributed by atoms with Gasteiger partial charge in [0.05, 0.1) is 35.1 Å². The highest BCUT2D eigenvalue weighted by molar-refractivity contribution is 7.07. The van der Waals surface area contributed by atoms with E-state index >= 15 is 0 Å². The van der Waals surface area contributed by atoms with Crippen LogP contribution >= 0.6 is 22.9 Å². The Morgan fingerprint density at radius 3 is 2.40 bits per heavy atom. The maximum absolute atomic E-state index is 14.0. The first-order chi connectivity index (χ1) is 19.2. The molecule has 9 heteroatoms. The number of aryl methyl sites for hydroxylation is 1. The van der Waals surface area contributed by atoms with Gasteiger partial charge < -0.3 is 14.0 Å². The smallest absolute Gasteiger partial charge is 0.338 e. The summed E-state index contributed by atoms with van der Waals surface area (Å²) in [6, 6.07) is 16.5. The van der Waals surface area contributed by atoms with E-state index < -0.39 is 12.0 Å². The number of carbonyl (C=O) groups excluding carboxylic acids is 1. The number of nitrogens with zero attached hydrogens (tertiary/aromatic N) is 3. The Hall–Kier alpha value is -3.88. The first kappa shape index (κ1) is 27.7. The maximum Gasteiger partial charge on any atom is 0.338 e. The van der Waals surface area contributed by atoms with Crippen molar-refractivity contribution < 1.29 is 14.3 Å². The fourth-order valence-corrected chi connectivity index (χ4v) is 6.25. The van der Waals surface area contributed by atoms with E-state index in [2.05, 4.69) is 15.6 Å². The van der Waals surface area contributed by atoms with Crippen molar-refractivity contribution in [2.24, 2.45) is 4.99 Å². The third kappa shape index (κ3) is 5.05. The highest BCUT2D eigenvalue weighted by Gasteiger charge is 2.33. The maximum atomic E-state index is 14.0. The molecule has 0 amide bonds. The quantitative estimate of drug-likeness (QED) is 0.282. The number of rotatable bonds is 7. The number of hydrogen-bond acceptors (Lipinski definition) is 6. The summed E-state index contributed by atoms with van der Waals surface area (Å²) >= 11 is 7.40. The van der Waals surface area contributed by atoms with Gasteiger partial charge in [0.15, 0.2) is 4.80 Å². The number of allylic oxidation sites excluding steroid dienone is 1. The predicted octanol–water partition coefficient (Wildman–Crippen LogP) is 5.26. The number of hydrogen-bond donors (Lipinski definition) is 0. The van der Waals surface area contributed by atoms with E-state index in [1.54, 1.807) is 18.4 Å². The molecular formula is C31H30ClN3O4S. The normalized spacial score (nSPS) is 15.2. The zero-order valence-corrected chi connectivity index (χ0v) is 24.6. The third-order valence-electron chi connectivity index (χ3n) is 6.87. The minimum absolute atomic E-state index is 0.215. The molecular weight excluding hydrogens is 546 g/mol. The summed E-state index contributed by atoms with van der Waals surface area (Å²) < 4.78 is 15.3. The zero-order chi connectivity index (χ0) is 28.6. The molecule has 206 valence electrons. The van der Waals surface area contributed by atoms with E-state index in [4.69, 9.17) is 21.1 Å². The Bertz CT molecular complexity index is 1790. The molecule has 0 aliphatic carbocycles. The first-order valence-corrected chi connectivity index (χ1v) is 14.3. The van der Waals surface area contributed by atoms with E-state index in [9.17, 15) is 9.59 Å². The summed E-state index contributed by atoms with van der Waals surface area (Å²) in [5, 5.41) is 0.673. The van der Waals surface area contributed by atoms with Crippen LogP contribution in [0.2, 0.25) is 5.02 Å². The van der Waals surface area contributed by atoms with Crippen molar-refractivity contribution in [2.75, 3.05) is 13.2 Å². The van der Waals surface area contributed by atoms with Crippen LogP contribution in [0, 0.1) is 13.8 Å². The molecule has 1 aliphatic rings. The summed E-state index contributed by atoms with van der Waals surface area (Å²) in [5.74, 6) is 0.233. The fraction of sp³-hybridized carbons (Fsp3) is 0.258. The molecule has 0 spiro atoms. The van der Waals surface area contributed by atoms with Crippen molar-refractivity contribution in [1.29, 1.82) is 0 Å².